The molecule has 1 aliphatic rings. The summed E-state index contributed by atoms with van der Waals surface area (Å²) in [6.45, 7) is 7.58. The van der Waals surface area contributed by atoms with Crippen molar-refractivity contribution in [1.82, 2.24) is 0 Å². The maximum absolute atomic E-state index is 5.98. The zero-order valence-corrected chi connectivity index (χ0v) is 18.0. The second kappa shape index (κ2) is 9.58. The van der Waals surface area contributed by atoms with Crippen LogP contribution < -0.4 is 10.2 Å². The lowest BCUT2D eigenvalue weighted by Gasteiger charge is -2.39. The molecule has 152 valence electrons. The van der Waals surface area contributed by atoms with Gasteiger partial charge in [-0.3, -0.25) is 0 Å². The zero-order valence-electron chi connectivity index (χ0n) is 18.0. The van der Waals surface area contributed by atoms with Crippen molar-refractivity contribution in [2.24, 2.45) is 5.92 Å². The van der Waals surface area contributed by atoms with E-state index in [0.29, 0.717) is 11.8 Å². The van der Waals surface area contributed by atoms with E-state index in [1.165, 1.54) is 29.7 Å². The summed E-state index contributed by atoms with van der Waals surface area (Å²) in [5.74, 6) is 1.33. The fourth-order valence-electron chi connectivity index (χ4n) is 4.49. The number of rotatable bonds is 8. The number of nitrogens with zero attached hydrogens (tertiary/aromatic N) is 1. The van der Waals surface area contributed by atoms with Gasteiger partial charge >= 0.3 is 0 Å². The molecule has 0 saturated carbocycles. The average Bonchev–Trinajstić information content (AvgIpc) is 2.68. The van der Waals surface area contributed by atoms with Gasteiger partial charge in [-0.2, -0.15) is 0 Å². The molecule has 3 heteroatoms. The SMILES string of the molecule is CN(C)c1ccc(C[NH2+]CC[C@@H](c2ccccc2)[C@H]2CCOC(C)(C)C2)cc1. The molecule has 2 atom stereocenters. The Morgan fingerprint density at radius 3 is 2.43 bits per heavy atom. The summed E-state index contributed by atoms with van der Waals surface area (Å²) >= 11 is 0. The third-order valence-electron chi connectivity index (χ3n) is 6.05. The summed E-state index contributed by atoms with van der Waals surface area (Å²) in [5, 5.41) is 2.46. The van der Waals surface area contributed by atoms with Crippen molar-refractivity contribution in [3.05, 3.63) is 65.7 Å². The Labute approximate surface area is 171 Å². The number of hydrogen-bond donors (Lipinski definition) is 1. The highest BCUT2D eigenvalue weighted by molar-refractivity contribution is 5.45. The molecule has 0 aromatic heterocycles. The smallest absolute Gasteiger partial charge is 0.101 e. The molecule has 2 aromatic carbocycles. The van der Waals surface area contributed by atoms with E-state index in [2.05, 4.69) is 92.8 Å². The second-order valence-electron chi connectivity index (χ2n) is 9.01. The third-order valence-corrected chi connectivity index (χ3v) is 6.05. The molecule has 3 nitrogen and oxygen atoms in total. The molecule has 1 saturated heterocycles. The van der Waals surface area contributed by atoms with Crippen molar-refractivity contribution in [2.45, 2.75) is 51.2 Å². The van der Waals surface area contributed by atoms with E-state index in [0.717, 1.165) is 26.1 Å². The minimum atomic E-state index is 0.00778. The van der Waals surface area contributed by atoms with Crippen LogP contribution in [0.3, 0.4) is 0 Å². The number of quaternary nitrogens is 1. The number of benzene rings is 2. The minimum absolute atomic E-state index is 0.00778. The molecule has 2 aromatic rings. The van der Waals surface area contributed by atoms with Crippen LogP contribution in [0.5, 0.6) is 0 Å². The van der Waals surface area contributed by atoms with E-state index in [4.69, 9.17) is 4.74 Å². The highest BCUT2D eigenvalue weighted by atomic mass is 16.5. The highest BCUT2D eigenvalue weighted by Crippen LogP contribution is 2.39. The van der Waals surface area contributed by atoms with Crippen molar-refractivity contribution < 1.29 is 10.1 Å². The van der Waals surface area contributed by atoms with E-state index in [1.807, 2.05) is 0 Å². The normalized spacial score (nSPS) is 19.9. The minimum Gasteiger partial charge on any atom is -0.378 e. The predicted molar refractivity (Wildman–Crippen MR) is 118 cm³/mol. The fraction of sp³-hybridized carbons (Fsp3) is 0.520. The molecule has 0 bridgehead atoms. The average molecular weight is 382 g/mol. The number of anilines is 1. The van der Waals surface area contributed by atoms with E-state index >= 15 is 0 Å². The van der Waals surface area contributed by atoms with E-state index in [1.54, 1.807) is 0 Å². The van der Waals surface area contributed by atoms with E-state index in [-0.39, 0.29) is 5.60 Å². The van der Waals surface area contributed by atoms with Crippen LogP contribution in [0.25, 0.3) is 0 Å². The molecule has 0 unspecified atom stereocenters. The Hall–Kier alpha value is -1.84. The lowest BCUT2D eigenvalue weighted by Crippen LogP contribution is -2.82. The summed E-state index contributed by atoms with van der Waals surface area (Å²) in [5.41, 5.74) is 4.16. The second-order valence-corrected chi connectivity index (χ2v) is 9.01. The van der Waals surface area contributed by atoms with Gasteiger partial charge in [-0.05, 0) is 56.2 Å². The topological polar surface area (TPSA) is 29.1 Å². The van der Waals surface area contributed by atoms with Crippen molar-refractivity contribution in [1.29, 1.82) is 0 Å². The molecule has 1 aliphatic heterocycles. The van der Waals surface area contributed by atoms with Crippen LogP contribution in [0, 0.1) is 5.92 Å². The van der Waals surface area contributed by atoms with Crippen molar-refractivity contribution >= 4 is 5.69 Å². The van der Waals surface area contributed by atoms with Gasteiger partial charge in [0.05, 0.1) is 12.1 Å². The Morgan fingerprint density at radius 2 is 1.79 bits per heavy atom. The Bertz CT molecular complexity index is 709. The van der Waals surface area contributed by atoms with Crippen LogP contribution in [0.2, 0.25) is 0 Å². The molecule has 1 heterocycles. The highest BCUT2D eigenvalue weighted by Gasteiger charge is 2.34. The van der Waals surface area contributed by atoms with Crippen molar-refractivity contribution in [2.75, 3.05) is 32.1 Å². The number of nitrogens with two attached hydrogens (primary N) is 1. The third kappa shape index (κ3) is 5.83. The van der Waals surface area contributed by atoms with Crippen LogP contribution in [0.4, 0.5) is 5.69 Å². The molecule has 1 fully saturated rings. The van der Waals surface area contributed by atoms with Gasteiger partial charge in [-0.25, -0.2) is 0 Å². The van der Waals surface area contributed by atoms with Gasteiger partial charge in [0.2, 0.25) is 0 Å². The molecule has 0 spiro atoms. The summed E-state index contributed by atoms with van der Waals surface area (Å²) < 4.78 is 5.98. The summed E-state index contributed by atoms with van der Waals surface area (Å²) in [6, 6.07) is 20.0. The van der Waals surface area contributed by atoms with Crippen LogP contribution in [0.1, 0.15) is 50.2 Å². The lowest BCUT2D eigenvalue weighted by atomic mass is 9.75. The molecule has 0 aliphatic carbocycles. The monoisotopic (exact) mass is 381 g/mol. The first-order chi connectivity index (χ1) is 13.4. The van der Waals surface area contributed by atoms with Crippen LogP contribution in [-0.2, 0) is 11.3 Å². The summed E-state index contributed by atoms with van der Waals surface area (Å²) in [7, 11) is 4.17. The summed E-state index contributed by atoms with van der Waals surface area (Å²) in [4.78, 5) is 2.15. The molecule has 3 rings (SSSR count). The quantitative estimate of drug-likeness (QED) is 0.695. The van der Waals surface area contributed by atoms with Gasteiger partial charge < -0.3 is 15.0 Å². The van der Waals surface area contributed by atoms with Gasteiger partial charge in [-0.1, -0.05) is 42.5 Å². The van der Waals surface area contributed by atoms with Crippen molar-refractivity contribution in [3.63, 3.8) is 0 Å². The van der Waals surface area contributed by atoms with Gasteiger partial charge in [0.1, 0.15) is 6.54 Å². The lowest BCUT2D eigenvalue weighted by molar-refractivity contribution is -0.671. The number of ether oxygens (including phenoxy) is 1. The van der Waals surface area contributed by atoms with Crippen LogP contribution in [0.15, 0.2) is 54.6 Å². The molecule has 0 radical (unpaired) electrons. The molecule has 2 N–H and O–H groups in total. The standard InChI is InChI=1S/C25H36N2O/c1-25(2)18-22(15-17-28-25)24(21-8-6-5-7-9-21)14-16-26-19-20-10-12-23(13-11-20)27(3)4/h5-13,22,24,26H,14-19H2,1-4H3/p+1/t22-,24-/m0/s1. The maximum atomic E-state index is 5.98. The fourth-order valence-corrected chi connectivity index (χ4v) is 4.49. The first-order valence-electron chi connectivity index (χ1n) is 10.7. The van der Waals surface area contributed by atoms with Gasteiger partial charge in [0.15, 0.2) is 0 Å². The van der Waals surface area contributed by atoms with Gasteiger partial charge in [0, 0.05) is 38.4 Å². The van der Waals surface area contributed by atoms with Crippen LogP contribution in [-0.4, -0.2) is 32.8 Å². The summed E-state index contributed by atoms with van der Waals surface area (Å²) in [6.07, 6.45) is 3.55. The molecular weight excluding hydrogens is 344 g/mol. The van der Waals surface area contributed by atoms with Gasteiger partial charge in [0.25, 0.3) is 0 Å². The largest absolute Gasteiger partial charge is 0.378 e. The number of hydrogen-bond acceptors (Lipinski definition) is 2. The predicted octanol–water partition coefficient (Wildman–Crippen LogP) is 4.20. The Kier molecular flexibility index (Phi) is 7.14. The van der Waals surface area contributed by atoms with E-state index in [9.17, 15) is 0 Å². The van der Waals surface area contributed by atoms with Crippen LogP contribution >= 0.6 is 0 Å². The first-order valence-corrected chi connectivity index (χ1v) is 10.7. The molecule has 28 heavy (non-hydrogen) atoms. The zero-order chi connectivity index (χ0) is 20.0. The Morgan fingerprint density at radius 1 is 1.07 bits per heavy atom. The van der Waals surface area contributed by atoms with E-state index < -0.39 is 0 Å². The molecular formula is C25H37N2O+. The molecule has 0 amide bonds. The van der Waals surface area contributed by atoms with Gasteiger partial charge in [-0.15, -0.1) is 0 Å². The van der Waals surface area contributed by atoms with Crippen molar-refractivity contribution in [3.8, 4) is 0 Å². The first kappa shape index (κ1) is 20.9. The Balaban J connectivity index is 1.57. The maximum Gasteiger partial charge on any atom is 0.101 e.